The van der Waals surface area contributed by atoms with Gasteiger partial charge in [-0.15, -0.1) is 0 Å². The van der Waals surface area contributed by atoms with E-state index in [9.17, 15) is 4.79 Å². The maximum Gasteiger partial charge on any atom is 0.339 e. The molecule has 0 saturated carbocycles. The third-order valence-electron chi connectivity index (χ3n) is 5.02. The fraction of sp³-hybridized carbons (Fsp3) is 0.476. The van der Waals surface area contributed by atoms with Gasteiger partial charge in [-0.2, -0.15) is 0 Å². The summed E-state index contributed by atoms with van der Waals surface area (Å²) in [7, 11) is 1.42. The highest BCUT2D eigenvalue weighted by Crippen LogP contribution is 2.31. The van der Waals surface area contributed by atoms with Crippen LogP contribution in [0.3, 0.4) is 0 Å². The maximum atomic E-state index is 12.4. The highest BCUT2D eigenvalue weighted by molar-refractivity contribution is 6.30. The van der Waals surface area contributed by atoms with Crippen LogP contribution in [-0.4, -0.2) is 36.9 Å². The Morgan fingerprint density at radius 2 is 1.89 bits per heavy atom. The van der Waals surface area contributed by atoms with Gasteiger partial charge in [-0.1, -0.05) is 23.7 Å². The van der Waals surface area contributed by atoms with Crippen LogP contribution < -0.4 is 5.32 Å². The lowest BCUT2D eigenvalue weighted by atomic mass is 9.97. The number of hydrogen-bond donors (Lipinski definition) is 1. The average Bonchev–Trinajstić information content (AvgIpc) is 3.12. The van der Waals surface area contributed by atoms with Crippen LogP contribution in [0.4, 0.5) is 0 Å². The lowest BCUT2D eigenvalue weighted by molar-refractivity contribution is 0.0596. The molecule has 1 unspecified atom stereocenters. The fourth-order valence-corrected chi connectivity index (χ4v) is 3.71. The summed E-state index contributed by atoms with van der Waals surface area (Å²) in [4.78, 5) is 12.4. The Morgan fingerprint density at radius 1 is 1.22 bits per heavy atom. The van der Waals surface area contributed by atoms with Crippen molar-refractivity contribution in [2.45, 2.75) is 44.8 Å². The van der Waals surface area contributed by atoms with Crippen molar-refractivity contribution in [2.75, 3.05) is 20.3 Å². The smallest absolute Gasteiger partial charge is 0.339 e. The van der Waals surface area contributed by atoms with Crippen LogP contribution in [0.25, 0.3) is 0 Å². The molecule has 2 aromatic rings. The molecule has 5 nitrogen and oxygen atoms in total. The van der Waals surface area contributed by atoms with Gasteiger partial charge in [0.25, 0.3) is 0 Å². The zero-order valence-electron chi connectivity index (χ0n) is 16.1. The molecule has 1 fully saturated rings. The second-order valence-corrected chi connectivity index (χ2v) is 7.58. The molecule has 6 heteroatoms. The average molecular weight is 391 g/mol. The minimum atomic E-state index is -0.322. The number of aromatic nitrogens is 1. The third-order valence-corrected chi connectivity index (χ3v) is 5.27. The monoisotopic (exact) mass is 390 g/mol. The number of rotatable bonds is 6. The molecule has 0 aliphatic carbocycles. The third kappa shape index (κ3) is 4.54. The van der Waals surface area contributed by atoms with Crippen molar-refractivity contribution < 1.29 is 14.3 Å². The first-order chi connectivity index (χ1) is 13.0. The summed E-state index contributed by atoms with van der Waals surface area (Å²) in [5, 5.41) is 4.45. The van der Waals surface area contributed by atoms with E-state index in [-0.39, 0.29) is 18.1 Å². The highest BCUT2D eigenvalue weighted by Gasteiger charge is 2.29. The molecule has 1 aromatic carbocycles. The van der Waals surface area contributed by atoms with Gasteiger partial charge in [0.15, 0.2) is 0 Å². The van der Waals surface area contributed by atoms with Gasteiger partial charge < -0.3 is 19.4 Å². The van der Waals surface area contributed by atoms with Crippen LogP contribution in [0, 0.1) is 0 Å². The topological polar surface area (TPSA) is 52.5 Å². The van der Waals surface area contributed by atoms with Crippen LogP contribution in [0.15, 0.2) is 36.5 Å². The molecule has 1 aliphatic heterocycles. The summed E-state index contributed by atoms with van der Waals surface area (Å²) < 4.78 is 12.7. The van der Waals surface area contributed by atoms with Gasteiger partial charge in [0, 0.05) is 36.5 Å². The SMILES string of the molecule is COC(=O)c1ccn(C(C)C)c1C(NC1CCOCC1)c1ccc(Cl)cc1. The molecule has 0 bridgehead atoms. The number of halogens is 1. The minimum Gasteiger partial charge on any atom is -0.465 e. The van der Waals surface area contributed by atoms with Gasteiger partial charge in [-0.3, -0.25) is 0 Å². The van der Waals surface area contributed by atoms with Crippen LogP contribution in [0.2, 0.25) is 5.02 Å². The van der Waals surface area contributed by atoms with Crippen molar-refractivity contribution in [1.82, 2.24) is 9.88 Å². The Morgan fingerprint density at radius 3 is 2.48 bits per heavy atom. The molecular formula is C21H27ClN2O3. The molecule has 3 rings (SSSR count). The van der Waals surface area contributed by atoms with Crippen molar-refractivity contribution in [3.8, 4) is 0 Å². The van der Waals surface area contributed by atoms with Gasteiger partial charge >= 0.3 is 5.97 Å². The molecule has 0 radical (unpaired) electrons. The standard InChI is InChI=1S/C21H27ClN2O3/c1-14(2)24-11-8-18(21(25)26-3)20(24)19(15-4-6-16(22)7-5-15)23-17-9-12-27-13-10-17/h4-8,11,14,17,19,23H,9-10,12-13H2,1-3H3. The Kier molecular flexibility index (Phi) is 6.58. The van der Waals surface area contributed by atoms with E-state index in [0.29, 0.717) is 16.6 Å². The maximum absolute atomic E-state index is 12.4. The summed E-state index contributed by atoms with van der Waals surface area (Å²) in [5.41, 5.74) is 2.58. The van der Waals surface area contributed by atoms with E-state index >= 15 is 0 Å². The van der Waals surface area contributed by atoms with E-state index in [1.165, 1.54) is 7.11 Å². The second kappa shape index (κ2) is 8.91. The van der Waals surface area contributed by atoms with E-state index in [0.717, 1.165) is 37.3 Å². The molecule has 0 amide bonds. The summed E-state index contributed by atoms with van der Waals surface area (Å²) >= 11 is 6.10. The van der Waals surface area contributed by atoms with Crippen molar-refractivity contribution in [3.05, 3.63) is 58.4 Å². The van der Waals surface area contributed by atoms with E-state index < -0.39 is 0 Å². The Labute approximate surface area is 165 Å². The van der Waals surface area contributed by atoms with Crippen molar-refractivity contribution >= 4 is 17.6 Å². The predicted octanol–water partition coefficient (Wildman–Crippen LogP) is 4.37. The van der Waals surface area contributed by atoms with Crippen LogP contribution in [-0.2, 0) is 9.47 Å². The number of carbonyl (C=O) groups excluding carboxylic acids is 1. The zero-order valence-corrected chi connectivity index (χ0v) is 16.8. The van der Waals surface area contributed by atoms with E-state index in [4.69, 9.17) is 21.1 Å². The molecular weight excluding hydrogens is 364 g/mol. The fourth-order valence-electron chi connectivity index (χ4n) is 3.59. The van der Waals surface area contributed by atoms with Crippen LogP contribution in [0.1, 0.15) is 60.4 Å². The van der Waals surface area contributed by atoms with Gasteiger partial charge in [0.2, 0.25) is 0 Å². The molecule has 1 aliphatic rings. The van der Waals surface area contributed by atoms with Gasteiger partial charge in [-0.25, -0.2) is 4.79 Å². The Bertz CT molecular complexity index is 764. The number of ether oxygens (including phenoxy) is 2. The normalized spacial score (nSPS) is 16.5. The first-order valence-electron chi connectivity index (χ1n) is 9.39. The van der Waals surface area contributed by atoms with Crippen molar-refractivity contribution in [3.63, 3.8) is 0 Å². The Hall–Kier alpha value is -1.82. The summed E-state index contributed by atoms with van der Waals surface area (Å²) in [6.07, 6.45) is 3.85. The number of esters is 1. The first-order valence-corrected chi connectivity index (χ1v) is 9.77. The van der Waals surface area contributed by atoms with Crippen molar-refractivity contribution in [1.29, 1.82) is 0 Å². The van der Waals surface area contributed by atoms with Crippen molar-refractivity contribution in [2.24, 2.45) is 0 Å². The molecule has 2 heterocycles. The largest absolute Gasteiger partial charge is 0.465 e. The number of methoxy groups -OCH3 is 1. The summed E-state index contributed by atoms with van der Waals surface area (Å²) in [5.74, 6) is -0.322. The molecule has 1 N–H and O–H groups in total. The summed E-state index contributed by atoms with van der Waals surface area (Å²) in [6.45, 7) is 5.72. The molecule has 1 atom stereocenters. The van der Waals surface area contributed by atoms with Gasteiger partial charge in [-0.05, 0) is 50.5 Å². The lowest BCUT2D eigenvalue weighted by Gasteiger charge is -2.31. The summed E-state index contributed by atoms with van der Waals surface area (Å²) in [6, 6.07) is 10.0. The highest BCUT2D eigenvalue weighted by atomic mass is 35.5. The van der Waals surface area contributed by atoms with Crippen LogP contribution in [0.5, 0.6) is 0 Å². The van der Waals surface area contributed by atoms with Gasteiger partial charge in [0.1, 0.15) is 0 Å². The molecule has 27 heavy (non-hydrogen) atoms. The number of benzene rings is 1. The number of carbonyl (C=O) groups is 1. The quantitative estimate of drug-likeness (QED) is 0.744. The van der Waals surface area contributed by atoms with E-state index in [2.05, 4.69) is 23.7 Å². The molecule has 146 valence electrons. The molecule has 1 saturated heterocycles. The van der Waals surface area contributed by atoms with Crippen LogP contribution >= 0.6 is 11.6 Å². The number of nitrogens with one attached hydrogen (secondary N) is 1. The zero-order chi connectivity index (χ0) is 19.4. The minimum absolute atomic E-state index is 0.142. The second-order valence-electron chi connectivity index (χ2n) is 7.15. The molecule has 1 aromatic heterocycles. The number of nitrogens with zero attached hydrogens (tertiary/aromatic N) is 1. The van der Waals surface area contributed by atoms with E-state index in [1.807, 2.05) is 36.5 Å². The molecule has 0 spiro atoms. The number of hydrogen-bond acceptors (Lipinski definition) is 4. The lowest BCUT2D eigenvalue weighted by Crippen LogP contribution is -2.39. The predicted molar refractivity (Wildman–Crippen MR) is 106 cm³/mol. The van der Waals surface area contributed by atoms with Gasteiger partial charge in [0.05, 0.1) is 24.4 Å². The first kappa shape index (κ1) is 19.9. The Balaban J connectivity index is 2.07. The van der Waals surface area contributed by atoms with E-state index in [1.54, 1.807) is 0 Å².